The fourth-order valence-electron chi connectivity index (χ4n) is 9.33. The zero-order chi connectivity index (χ0) is 36.6. The zero-order valence-electron chi connectivity index (χ0n) is 31.2. The SMILES string of the molecule is C[Si]1(C)c2cc(N(c3ccccc3)c3ccccc3)ccc2-c2ccc3c4c(ccc1c24)[Si](C)(C)c1cc(N(c2ccccc2)c2ccccc2)ccc1-3. The minimum atomic E-state index is -2.13. The van der Waals surface area contributed by atoms with Crippen LogP contribution in [0.4, 0.5) is 34.1 Å². The molecule has 0 fully saturated rings. The number of fused-ring (bicyclic) bond motifs is 4. The van der Waals surface area contributed by atoms with Gasteiger partial charge in [-0.3, -0.25) is 0 Å². The van der Waals surface area contributed by atoms with Gasteiger partial charge in [0.1, 0.15) is 16.1 Å². The molecule has 10 rings (SSSR count). The molecule has 0 unspecified atom stereocenters. The Balaban J connectivity index is 1.15. The van der Waals surface area contributed by atoms with Gasteiger partial charge in [0.25, 0.3) is 0 Å². The van der Waals surface area contributed by atoms with Crippen molar-refractivity contribution in [2.75, 3.05) is 9.80 Å². The third kappa shape index (κ3) is 4.90. The summed E-state index contributed by atoms with van der Waals surface area (Å²) < 4.78 is 0. The Morgan fingerprint density at radius 3 is 0.889 bits per heavy atom. The van der Waals surface area contributed by atoms with Crippen LogP contribution < -0.4 is 30.5 Å². The minimum Gasteiger partial charge on any atom is -0.311 e. The minimum absolute atomic E-state index is 1.17. The lowest BCUT2D eigenvalue weighted by Crippen LogP contribution is -2.59. The summed E-state index contributed by atoms with van der Waals surface area (Å²) in [5, 5.41) is 9.11. The van der Waals surface area contributed by atoms with Gasteiger partial charge in [-0.05, 0) is 127 Å². The topological polar surface area (TPSA) is 6.48 Å². The van der Waals surface area contributed by atoms with Crippen LogP contribution in [0.15, 0.2) is 182 Å². The summed E-state index contributed by atoms with van der Waals surface area (Å²) in [5.41, 5.74) is 12.7. The molecule has 0 saturated carbocycles. The van der Waals surface area contributed by atoms with Gasteiger partial charge in [-0.25, -0.2) is 0 Å². The molecule has 0 bridgehead atoms. The van der Waals surface area contributed by atoms with E-state index in [4.69, 9.17) is 0 Å². The molecule has 2 heterocycles. The van der Waals surface area contributed by atoms with Crippen molar-refractivity contribution in [2.24, 2.45) is 0 Å². The standard InChI is InChI=1S/C50H42N2Si2/c1-53(2)45-31-32-46-50-44(42-28-26-40(34-48(42)54(46,3)4)52(37-21-13-7-14-22-37)38-23-15-8-16-24-38)30-29-43(49(45)50)41-27-25-39(33-47(41)53)51(35-17-9-5-10-18-35)36-19-11-6-12-20-36/h5-34H,1-4H3. The van der Waals surface area contributed by atoms with E-state index in [1.807, 2.05) is 0 Å². The summed E-state index contributed by atoms with van der Waals surface area (Å²) >= 11 is 0. The van der Waals surface area contributed by atoms with Crippen LogP contribution in [0.2, 0.25) is 26.2 Å². The molecule has 0 N–H and O–H groups in total. The largest absolute Gasteiger partial charge is 0.311 e. The Hall–Kier alpha value is -5.95. The second-order valence-electron chi connectivity index (χ2n) is 15.8. The van der Waals surface area contributed by atoms with Gasteiger partial charge in [0.15, 0.2) is 0 Å². The lowest BCUT2D eigenvalue weighted by molar-refractivity contribution is 1.28. The molecule has 0 radical (unpaired) electrons. The van der Waals surface area contributed by atoms with E-state index >= 15 is 0 Å². The van der Waals surface area contributed by atoms with Gasteiger partial charge >= 0.3 is 0 Å². The second kappa shape index (κ2) is 12.3. The molecule has 0 amide bonds. The van der Waals surface area contributed by atoms with Gasteiger partial charge in [0.2, 0.25) is 0 Å². The summed E-state index contributed by atoms with van der Waals surface area (Å²) in [7, 11) is -4.26. The van der Waals surface area contributed by atoms with Crippen molar-refractivity contribution in [1.82, 2.24) is 0 Å². The highest BCUT2D eigenvalue weighted by atomic mass is 28.3. The first-order chi connectivity index (χ1) is 26.3. The van der Waals surface area contributed by atoms with E-state index in [0.717, 1.165) is 0 Å². The van der Waals surface area contributed by atoms with Gasteiger partial charge in [-0.1, -0.05) is 135 Å². The number of rotatable bonds is 6. The number of nitrogens with zero attached hydrogens (tertiary/aromatic N) is 2. The fourth-order valence-corrected chi connectivity index (χ4v) is 15.5. The molecule has 54 heavy (non-hydrogen) atoms. The van der Waals surface area contributed by atoms with E-state index in [1.54, 1.807) is 10.4 Å². The van der Waals surface area contributed by atoms with Gasteiger partial charge in [0.05, 0.1) is 0 Å². The molecule has 2 aliphatic heterocycles. The van der Waals surface area contributed by atoms with Gasteiger partial charge in [-0.15, -0.1) is 0 Å². The Kier molecular flexibility index (Phi) is 7.45. The number of hydrogen-bond donors (Lipinski definition) is 0. The van der Waals surface area contributed by atoms with Crippen LogP contribution in [-0.2, 0) is 0 Å². The third-order valence-electron chi connectivity index (χ3n) is 12.0. The zero-order valence-corrected chi connectivity index (χ0v) is 33.2. The monoisotopic (exact) mass is 726 g/mol. The predicted molar refractivity (Wildman–Crippen MR) is 238 cm³/mol. The van der Waals surface area contributed by atoms with Crippen LogP contribution in [0.25, 0.3) is 33.0 Å². The maximum absolute atomic E-state index is 2.56. The van der Waals surface area contributed by atoms with Crippen LogP contribution in [-0.4, -0.2) is 16.1 Å². The van der Waals surface area contributed by atoms with Gasteiger partial charge in [0, 0.05) is 34.1 Å². The van der Waals surface area contributed by atoms with E-state index < -0.39 is 16.1 Å². The van der Waals surface area contributed by atoms with Crippen LogP contribution in [0.5, 0.6) is 0 Å². The lowest BCUT2D eigenvalue weighted by atomic mass is 9.90. The second-order valence-corrected chi connectivity index (χ2v) is 24.4. The Bertz CT molecular complexity index is 2440. The first-order valence-electron chi connectivity index (χ1n) is 19.0. The van der Waals surface area contributed by atoms with Crippen LogP contribution in [0.3, 0.4) is 0 Å². The van der Waals surface area contributed by atoms with Crippen molar-refractivity contribution in [3.63, 3.8) is 0 Å². The molecule has 0 atom stereocenters. The Labute approximate surface area is 320 Å². The molecular weight excluding hydrogens is 685 g/mol. The molecule has 0 aromatic heterocycles. The number of para-hydroxylation sites is 4. The molecule has 260 valence electrons. The molecule has 8 aromatic rings. The smallest absolute Gasteiger partial charge is 0.113 e. The van der Waals surface area contributed by atoms with E-state index in [2.05, 4.69) is 218 Å². The van der Waals surface area contributed by atoms with Crippen molar-refractivity contribution in [1.29, 1.82) is 0 Å². The van der Waals surface area contributed by atoms with Crippen LogP contribution >= 0.6 is 0 Å². The Morgan fingerprint density at radius 2 is 0.574 bits per heavy atom. The van der Waals surface area contributed by atoms with Crippen molar-refractivity contribution < 1.29 is 0 Å². The maximum Gasteiger partial charge on any atom is 0.113 e. The molecule has 0 saturated heterocycles. The highest BCUT2D eigenvalue weighted by Gasteiger charge is 2.41. The summed E-state index contributed by atoms with van der Waals surface area (Å²) in [6.45, 7) is 10.2. The van der Waals surface area contributed by atoms with Crippen molar-refractivity contribution in [3.8, 4) is 22.3 Å². The molecule has 2 aliphatic rings. The Morgan fingerprint density at radius 1 is 0.278 bits per heavy atom. The number of benzene rings is 8. The van der Waals surface area contributed by atoms with Gasteiger partial charge in [-0.2, -0.15) is 0 Å². The molecule has 0 spiro atoms. The predicted octanol–water partition coefficient (Wildman–Crippen LogP) is 11.4. The van der Waals surface area contributed by atoms with Gasteiger partial charge < -0.3 is 9.80 Å². The summed E-state index contributed by atoms with van der Waals surface area (Å²) in [6, 6.07) is 67.5. The highest BCUT2D eigenvalue weighted by Crippen LogP contribution is 2.44. The molecular formula is C50H42N2Si2. The van der Waals surface area contributed by atoms with Crippen LogP contribution in [0, 0.1) is 0 Å². The van der Waals surface area contributed by atoms with Crippen molar-refractivity contribution >= 4 is 81.8 Å². The first kappa shape index (κ1) is 32.7. The molecule has 4 heteroatoms. The normalized spacial score (nSPS) is 14.2. The van der Waals surface area contributed by atoms with E-state index in [9.17, 15) is 0 Å². The van der Waals surface area contributed by atoms with Crippen LogP contribution in [0.1, 0.15) is 0 Å². The lowest BCUT2D eigenvalue weighted by Gasteiger charge is -2.40. The van der Waals surface area contributed by atoms with Crippen molar-refractivity contribution in [2.45, 2.75) is 26.2 Å². The maximum atomic E-state index is 2.56. The van der Waals surface area contributed by atoms with E-state index in [-0.39, 0.29) is 0 Å². The summed E-state index contributed by atoms with van der Waals surface area (Å²) in [6.07, 6.45) is 0. The fraction of sp³-hybridized carbons (Fsp3) is 0.0800. The number of anilines is 6. The van der Waals surface area contributed by atoms with Crippen molar-refractivity contribution in [3.05, 3.63) is 182 Å². The number of hydrogen-bond acceptors (Lipinski definition) is 2. The summed E-state index contributed by atoms with van der Waals surface area (Å²) in [5.74, 6) is 0. The highest BCUT2D eigenvalue weighted by molar-refractivity contribution is 7.05. The third-order valence-corrected chi connectivity index (χ3v) is 19.1. The molecule has 2 nitrogen and oxygen atoms in total. The summed E-state index contributed by atoms with van der Waals surface area (Å²) in [4.78, 5) is 4.80. The first-order valence-corrected chi connectivity index (χ1v) is 25.0. The van der Waals surface area contributed by atoms with E-state index in [1.165, 1.54) is 77.5 Å². The molecule has 8 aromatic carbocycles. The molecule has 0 aliphatic carbocycles. The average molecular weight is 727 g/mol. The average Bonchev–Trinajstić information content (AvgIpc) is 3.21. The van der Waals surface area contributed by atoms with E-state index in [0.29, 0.717) is 0 Å². The quantitative estimate of drug-likeness (QED) is 0.157.